The average Bonchev–Trinajstić information content (AvgIpc) is 2.29. The van der Waals surface area contributed by atoms with E-state index in [1.54, 1.807) is 20.1 Å². The van der Waals surface area contributed by atoms with Gasteiger partial charge in [0.15, 0.2) is 5.78 Å². The smallest absolute Gasteiger partial charge is 0.191 e. The van der Waals surface area contributed by atoms with Crippen molar-refractivity contribution in [1.82, 2.24) is 0 Å². The normalized spacial score (nSPS) is 12.3. The van der Waals surface area contributed by atoms with Crippen LogP contribution in [0.1, 0.15) is 34.8 Å². The molecule has 1 rings (SSSR count). The molecule has 3 heteroatoms. The molecule has 3 nitrogen and oxygen atoms in total. The molecule has 0 amide bonds. The molecular formula is C13H18O3. The lowest BCUT2D eigenvalue weighted by molar-refractivity contribution is 0.0740. The fourth-order valence-corrected chi connectivity index (χ4v) is 1.64. The number of Topliss-reactive ketones (excluding diaryl/α,β-unsaturated/α-hetero) is 1. The number of rotatable bonds is 4. The molecule has 0 aliphatic rings. The van der Waals surface area contributed by atoms with E-state index < -0.39 is 6.10 Å². The molecule has 0 radical (unpaired) electrons. The van der Waals surface area contributed by atoms with Crippen molar-refractivity contribution in [3.8, 4) is 5.75 Å². The summed E-state index contributed by atoms with van der Waals surface area (Å²) >= 11 is 0. The van der Waals surface area contributed by atoms with Crippen LogP contribution in [0.3, 0.4) is 0 Å². The second kappa shape index (κ2) is 5.12. The van der Waals surface area contributed by atoms with Gasteiger partial charge in [-0.2, -0.15) is 0 Å². The molecule has 1 atom stereocenters. The summed E-state index contributed by atoms with van der Waals surface area (Å²) in [4.78, 5) is 11.9. The van der Waals surface area contributed by atoms with Gasteiger partial charge in [-0.3, -0.25) is 4.79 Å². The van der Waals surface area contributed by atoms with E-state index in [-0.39, 0.29) is 5.78 Å². The van der Waals surface area contributed by atoms with Gasteiger partial charge < -0.3 is 9.84 Å². The largest absolute Gasteiger partial charge is 0.496 e. The van der Waals surface area contributed by atoms with E-state index in [0.29, 0.717) is 12.0 Å². The van der Waals surface area contributed by atoms with Gasteiger partial charge in [0, 0.05) is 5.56 Å². The number of hydrogen-bond donors (Lipinski definition) is 1. The minimum atomic E-state index is -0.911. The van der Waals surface area contributed by atoms with Crippen LogP contribution in [0.15, 0.2) is 12.1 Å². The summed E-state index contributed by atoms with van der Waals surface area (Å²) in [6.07, 6.45) is -0.477. The zero-order valence-corrected chi connectivity index (χ0v) is 10.2. The first-order valence-corrected chi connectivity index (χ1v) is 5.38. The molecule has 0 saturated heterocycles. The molecule has 0 aromatic heterocycles. The number of aliphatic hydroxyl groups excluding tert-OH is 1. The number of hydrogen-bond acceptors (Lipinski definition) is 3. The number of benzene rings is 1. The number of aliphatic hydroxyl groups is 1. The number of carbonyl (C=O) groups excluding carboxylic acids is 1. The van der Waals surface area contributed by atoms with E-state index in [0.717, 1.165) is 16.9 Å². The maximum Gasteiger partial charge on any atom is 0.191 e. The van der Waals surface area contributed by atoms with Crippen molar-refractivity contribution in [1.29, 1.82) is 0 Å². The van der Waals surface area contributed by atoms with E-state index in [9.17, 15) is 9.90 Å². The third-order valence-corrected chi connectivity index (χ3v) is 2.70. The van der Waals surface area contributed by atoms with Crippen molar-refractivity contribution in [3.63, 3.8) is 0 Å². The number of ketones is 1. The standard InChI is InChI=1S/C13H18O3/c1-5-11(14)13(15)10-6-9(3)12(16-4)7-8(10)2/h6-7,11,14H,5H2,1-4H3. The van der Waals surface area contributed by atoms with Gasteiger partial charge in [0.2, 0.25) is 0 Å². The summed E-state index contributed by atoms with van der Waals surface area (Å²) in [5.74, 6) is 0.547. The van der Waals surface area contributed by atoms with Crippen LogP contribution in [0, 0.1) is 13.8 Å². The van der Waals surface area contributed by atoms with Crippen LogP contribution in [0.4, 0.5) is 0 Å². The molecule has 0 spiro atoms. The van der Waals surface area contributed by atoms with Crippen molar-refractivity contribution < 1.29 is 14.6 Å². The van der Waals surface area contributed by atoms with Gasteiger partial charge in [0.25, 0.3) is 0 Å². The predicted octanol–water partition coefficient (Wildman–Crippen LogP) is 2.27. The Morgan fingerprint density at radius 3 is 2.50 bits per heavy atom. The van der Waals surface area contributed by atoms with Gasteiger partial charge in [-0.05, 0) is 43.5 Å². The lowest BCUT2D eigenvalue weighted by Gasteiger charge is -2.12. The molecule has 16 heavy (non-hydrogen) atoms. The molecule has 0 heterocycles. The Labute approximate surface area is 96.1 Å². The molecule has 0 aliphatic heterocycles. The number of ether oxygens (including phenoxy) is 1. The van der Waals surface area contributed by atoms with Crippen molar-refractivity contribution in [2.75, 3.05) is 7.11 Å². The fraction of sp³-hybridized carbons (Fsp3) is 0.462. The van der Waals surface area contributed by atoms with E-state index in [1.807, 2.05) is 19.9 Å². The van der Waals surface area contributed by atoms with Crippen LogP contribution >= 0.6 is 0 Å². The van der Waals surface area contributed by atoms with Crippen molar-refractivity contribution in [2.24, 2.45) is 0 Å². The molecule has 0 aliphatic carbocycles. The molecule has 0 saturated carbocycles. The van der Waals surface area contributed by atoms with Gasteiger partial charge in [-0.15, -0.1) is 0 Å². The Balaban J connectivity index is 3.16. The Morgan fingerprint density at radius 2 is 2.00 bits per heavy atom. The van der Waals surface area contributed by atoms with E-state index in [2.05, 4.69) is 0 Å². The molecule has 1 aromatic rings. The molecular weight excluding hydrogens is 204 g/mol. The lowest BCUT2D eigenvalue weighted by Crippen LogP contribution is -2.20. The zero-order valence-electron chi connectivity index (χ0n) is 10.2. The molecule has 1 unspecified atom stereocenters. The first kappa shape index (κ1) is 12.7. The molecule has 0 fully saturated rings. The SMILES string of the molecule is CCC(O)C(=O)c1cc(C)c(OC)cc1C. The first-order valence-electron chi connectivity index (χ1n) is 5.38. The number of methoxy groups -OCH3 is 1. The summed E-state index contributed by atoms with van der Waals surface area (Å²) < 4.78 is 5.17. The third-order valence-electron chi connectivity index (χ3n) is 2.70. The minimum Gasteiger partial charge on any atom is -0.496 e. The van der Waals surface area contributed by atoms with Gasteiger partial charge in [0.1, 0.15) is 11.9 Å². The van der Waals surface area contributed by atoms with Crippen LogP contribution in [-0.2, 0) is 0 Å². The maximum atomic E-state index is 11.9. The van der Waals surface area contributed by atoms with Crippen LogP contribution < -0.4 is 4.74 Å². The Hall–Kier alpha value is -1.35. The van der Waals surface area contributed by atoms with Gasteiger partial charge in [-0.1, -0.05) is 6.92 Å². The highest BCUT2D eigenvalue weighted by Gasteiger charge is 2.18. The van der Waals surface area contributed by atoms with E-state index in [1.165, 1.54) is 0 Å². The van der Waals surface area contributed by atoms with Crippen molar-refractivity contribution in [3.05, 3.63) is 28.8 Å². The second-order valence-corrected chi connectivity index (χ2v) is 3.93. The van der Waals surface area contributed by atoms with Gasteiger partial charge in [0.05, 0.1) is 7.11 Å². The van der Waals surface area contributed by atoms with Crippen LogP contribution in [0.5, 0.6) is 5.75 Å². The first-order chi connectivity index (χ1) is 7.51. The lowest BCUT2D eigenvalue weighted by atomic mass is 9.97. The summed E-state index contributed by atoms with van der Waals surface area (Å²) in [6.45, 7) is 5.51. The molecule has 88 valence electrons. The van der Waals surface area contributed by atoms with Gasteiger partial charge >= 0.3 is 0 Å². The quantitative estimate of drug-likeness (QED) is 0.795. The Bertz CT molecular complexity index is 396. The van der Waals surface area contributed by atoms with E-state index >= 15 is 0 Å². The molecule has 1 aromatic carbocycles. The topological polar surface area (TPSA) is 46.5 Å². The third kappa shape index (κ3) is 2.42. The fourth-order valence-electron chi connectivity index (χ4n) is 1.64. The Morgan fingerprint density at radius 1 is 1.38 bits per heavy atom. The summed E-state index contributed by atoms with van der Waals surface area (Å²) in [5.41, 5.74) is 2.31. The van der Waals surface area contributed by atoms with Crippen molar-refractivity contribution >= 4 is 5.78 Å². The Kier molecular flexibility index (Phi) is 4.07. The van der Waals surface area contributed by atoms with Gasteiger partial charge in [-0.25, -0.2) is 0 Å². The molecule has 1 N–H and O–H groups in total. The highest BCUT2D eigenvalue weighted by molar-refractivity contribution is 6.00. The monoisotopic (exact) mass is 222 g/mol. The number of carbonyl (C=O) groups is 1. The van der Waals surface area contributed by atoms with Crippen LogP contribution in [0.2, 0.25) is 0 Å². The highest BCUT2D eigenvalue weighted by atomic mass is 16.5. The second-order valence-electron chi connectivity index (χ2n) is 3.93. The van der Waals surface area contributed by atoms with Crippen molar-refractivity contribution in [2.45, 2.75) is 33.3 Å². The minimum absolute atomic E-state index is 0.217. The summed E-state index contributed by atoms with van der Waals surface area (Å²) in [5, 5.41) is 9.54. The maximum absolute atomic E-state index is 11.9. The molecule has 0 bridgehead atoms. The van der Waals surface area contributed by atoms with E-state index in [4.69, 9.17) is 4.74 Å². The average molecular weight is 222 g/mol. The van der Waals surface area contributed by atoms with Crippen LogP contribution in [0.25, 0.3) is 0 Å². The van der Waals surface area contributed by atoms with Crippen LogP contribution in [-0.4, -0.2) is 24.1 Å². The zero-order chi connectivity index (χ0) is 12.3. The number of aryl methyl sites for hydroxylation is 2. The highest BCUT2D eigenvalue weighted by Crippen LogP contribution is 2.23. The predicted molar refractivity (Wildman–Crippen MR) is 63.1 cm³/mol. The summed E-state index contributed by atoms with van der Waals surface area (Å²) in [7, 11) is 1.60. The summed E-state index contributed by atoms with van der Waals surface area (Å²) in [6, 6.07) is 3.60.